The van der Waals surface area contributed by atoms with Crippen molar-refractivity contribution in [2.24, 2.45) is 0 Å². The van der Waals surface area contributed by atoms with Gasteiger partial charge in [0.1, 0.15) is 24.0 Å². The Bertz CT molecular complexity index is 2790. The first-order valence-corrected chi connectivity index (χ1v) is 22.1. The van der Waals surface area contributed by atoms with Gasteiger partial charge in [0.25, 0.3) is 0 Å². The van der Waals surface area contributed by atoms with Crippen molar-refractivity contribution in [3.8, 4) is 17.3 Å². The van der Waals surface area contributed by atoms with Crippen LogP contribution in [0.25, 0.3) is 27.6 Å². The molecule has 0 bridgehead atoms. The fraction of sp³-hybridized carbons (Fsp3) is 0.375. The summed E-state index contributed by atoms with van der Waals surface area (Å²) in [6, 6.07) is 40.7. The van der Waals surface area contributed by atoms with E-state index in [0.717, 1.165) is 34.0 Å². The molecule has 0 saturated carbocycles. The summed E-state index contributed by atoms with van der Waals surface area (Å²) in [5.74, 6) is 2.51. The molecule has 2 aromatic heterocycles. The molecule has 0 saturated heterocycles. The number of benzene rings is 5. The minimum Gasteiger partial charge on any atom is -0.457 e. The van der Waals surface area contributed by atoms with Crippen LogP contribution >= 0.6 is 0 Å². The predicted molar refractivity (Wildman–Crippen MR) is 261 cm³/mol. The minimum absolute atomic E-state index is 0.000800. The van der Waals surface area contributed by atoms with Crippen LogP contribution in [0.3, 0.4) is 0 Å². The molecule has 1 aliphatic rings. The lowest BCUT2D eigenvalue weighted by Crippen LogP contribution is -2.25. The lowest BCUT2D eigenvalue weighted by Gasteiger charge is -2.27. The molecule has 5 nitrogen and oxygen atoms in total. The summed E-state index contributed by atoms with van der Waals surface area (Å²) in [4.78, 5) is 9.90. The Labute approximate surface area is 365 Å². The summed E-state index contributed by atoms with van der Waals surface area (Å²) in [6.07, 6.45) is 1.94. The molecule has 5 aromatic carbocycles. The first-order chi connectivity index (χ1) is 28.4. The number of hydrogen-bond acceptors (Lipinski definition) is 4. The number of pyridine rings is 1. The van der Waals surface area contributed by atoms with E-state index in [2.05, 4.69) is 227 Å². The molecular formula is C56H66N4O. The Hall–Kier alpha value is -5.55. The zero-order chi connectivity index (χ0) is 44.0. The second-order valence-electron chi connectivity index (χ2n) is 22.5. The number of ether oxygens (including phenoxy) is 1. The first-order valence-electron chi connectivity index (χ1n) is 22.1. The minimum atomic E-state index is -0.116. The molecule has 0 N–H and O–H groups in total. The van der Waals surface area contributed by atoms with E-state index < -0.39 is 0 Å². The zero-order valence-corrected chi connectivity index (χ0v) is 39.4. The summed E-state index contributed by atoms with van der Waals surface area (Å²) in [6.45, 7) is 34.9. The predicted octanol–water partition coefficient (Wildman–Crippen LogP) is 15.7. The third-order valence-corrected chi connectivity index (χ3v) is 12.5. The molecule has 0 amide bonds. The van der Waals surface area contributed by atoms with Gasteiger partial charge in [-0.3, -0.25) is 4.57 Å². The van der Waals surface area contributed by atoms with Crippen LogP contribution in [0.15, 0.2) is 115 Å². The zero-order valence-electron chi connectivity index (χ0n) is 39.4. The van der Waals surface area contributed by atoms with Gasteiger partial charge in [0.05, 0.1) is 22.4 Å². The first kappa shape index (κ1) is 42.2. The fourth-order valence-electron chi connectivity index (χ4n) is 8.46. The maximum Gasteiger partial charge on any atom is 0.137 e. The van der Waals surface area contributed by atoms with Gasteiger partial charge in [-0.2, -0.15) is 0 Å². The summed E-state index contributed by atoms with van der Waals surface area (Å²) in [5.41, 5.74) is 13.3. The third kappa shape index (κ3) is 8.16. The monoisotopic (exact) mass is 811 g/mol. The van der Waals surface area contributed by atoms with Gasteiger partial charge in [-0.05, 0) is 128 Å². The maximum absolute atomic E-state index is 7.02. The number of aromatic nitrogens is 2. The Morgan fingerprint density at radius 2 is 1.02 bits per heavy atom. The van der Waals surface area contributed by atoms with Crippen molar-refractivity contribution in [2.75, 3.05) is 16.5 Å². The van der Waals surface area contributed by atoms with Crippen LogP contribution in [0.1, 0.15) is 132 Å². The number of anilines is 4. The Morgan fingerprint density at radius 1 is 0.426 bits per heavy atom. The fourth-order valence-corrected chi connectivity index (χ4v) is 8.46. The number of nitrogens with zero attached hydrogens (tertiary/aromatic N) is 4. The van der Waals surface area contributed by atoms with Gasteiger partial charge >= 0.3 is 0 Å². The van der Waals surface area contributed by atoms with Crippen LogP contribution in [-0.2, 0) is 27.1 Å². The summed E-state index contributed by atoms with van der Waals surface area (Å²) >= 11 is 0. The highest BCUT2D eigenvalue weighted by Gasteiger charge is 2.32. The van der Waals surface area contributed by atoms with Crippen molar-refractivity contribution >= 4 is 44.6 Å². The molecule has 3 heterocycles. The smallest absolute Gasteiger partial charge is 0.137 e. The van der Waals surface area contributed by atoms with E-state index in [1.54, 1.807) is 0 Å². The van der Waals surface area contributed by atoms with Crippen LogP contribution in [0.5, 0.6) is 11.5 Å². The second-order valence-corrected chi connectivity index (χ2v) is 22.5. The molecule has 316 valence electrons. The average Bonchev–Trinajstić information content (AvgIpc) is 3.71. The van der Waals surface area contributed by atoms with Crippen LogP contribution in [0.2, 0.25) is 0 Å². The van der Waals surface area contributed by atoms with Gasteiger partial charge < -0.3 is 14.5 Å². The molecule has 0 atom stereocenters. The highest BCUT2D eigenvalue weighted by molar-refractivity contribution is 6.09. The SMILES string of the molecule is CC(C)(C)c1cccc(N2CN(c3cc(Oc4ccc5c6cc(C(C)(C)C)ccc6n(-c6cc(C(C)(C)C)ccn6)c5c4)cc(C(C)(C)C)c3)c3cc(C(C)(C)C)ccc32)c1. The lowest BCUT2D eigenvalue weighted by atomic mass is 9.86. The van der Waals surface area contributed by atoms with Gasteiger partial charge in [0, 0.05) is 40.5 Å². The van der Waals surface area contributed by atoms with Gasteiger partial charge in [0.2, 0.25) is 0 Å². The third-order valence-electron chi connectivity index (χ3n) is 12.5. The quantitative estimate of drug-likeness (QED) is 0.173. The van der Waals surface area contributed by atoms with Crippen LogP contribution < -0.4 is 14.5 Å². The van der Waals surface area contributed by atoms with Gasteiger partial charge in [-0.1, -0.05) is 128 Å². The van der Waals surface area contributed by atoms with E-state index in [1.807, 2.05) is 6.20 Å². The van der Waals surface area contributed by atoms with Crippen LogP contribution in [0.4, 0.5) is 22.7 Å². The highest BCUT2D eigenvalue weighted by atomic mass is 16.5. The standard InChI is InChI=1S/C56H66N4O/c1-52(2,3)36-17-16-18-41(27-36)58-35-59(50-31-38(54(7,8)9)20-24-48(50)58)42-28-40(56(13,14)15)29-44(33-42)61-43-21-22-45-46-30-37(53(4,5)6)19-23-47(46)60(49(45)34-43)51-32-39(25-26-57-51)55(10,11)12/h16-34H,35H2,1-15H3. The maximum atomic E-state index is 7.02. The molecule has 0 radical (unpaired) electrons. The van der Waals surface area contributed by atoms with E-state index >= 15 is 0 Å². The molecule has 8 rings (SSSR count). The highest BCUT2D eigenvalue weighted by Crippen LogP contribution is 2.48. The molecule has 0 unspecified atom stereocenters. The van der Waals surface area contributed by atoms with Crippen LogP contribution in [0, 0.1) is 0 Å². The van der Waals surface area contributed by atoms with E-state index in [0.29, 0.717) is 6.67 Å². The molecule has 0 spiro atoms. The van der Waals surface area contributed by atoms with Gasteiger partial charge in [-0.15, -0.1) is 0 Å². The Morgan fingerprint density at radius 3 is 1.69 bits per heavy atom. The molecule has 0 aliphatic carbocycles. The molecule has 61 heavy (non-hydrogen) atoms. The Balaban J connectivity index is 1.26. The lowest BCUT2D eigenvalue weighted by molar-refractivity contribution is 0.479. The Kier molecular flexibility index (Phi) is 10.0. The molecule has 1 aliphatic heterocycles. The topological polar surface area (TPSA) is 33.5 Å². The van der Waals surface area contributed by atoms with E-state index in [9.17, 15) is 0 Å². The largest absolute Gasteiger partial charge is 0.457 e. The second kappa shape index (κ2) is 14.5. The summed E-state index contributed by atoms with van der Waals surface area (Å²) < 4.78 is 9.33. The van der Waals surface area contributed by atoms with Gasteiger partial charge in [0.15, 0.2) is 0 Å². The average molecular weight is 811 g/mol. The normalized spacial score (nSPS) is 14.0. The van der Waals surface area contributed by atoms with Crippen molar-refractivity contribution in [3.63, 3.8) is 0 Å². The van der Waals surface area contributed by atoms with Crippen molar-refractivity contribution in [1.82, 2.24) is 9.55 Å². The van der Waals surface area contributed by atoms with Crippen molar-refractivity contribution in [1.29, 1.82) is 0 Å². The van der Waals surface area contributed by atoms with Crippen molar-refractivity contribution < 1.29 is 4.74 Å². The van der Waals surface area contributed by atoms with E-state index in [1.165, 1.54) is 55.7 Å². The molecular weight excluding hydrogens is 745 g/mol. The number of hydrogen-bond donors (Lipinski definition) is 0. The molecule has 0 fully saturated rings. The van der Waals surface area contributed by atoms with Gasteiger partial charge in [-0.25, -0.2) is 4.98 Å². The summed E-state index contributed by atoms with van der Waals surface area (Å²) in [7, 11) is 0. The van der Waals surface area contributed by atoms with Crippen molar-refractivity contribution in [3.05, 3.63) is 143 Å². The van der Waals surface area contributed by atoms with E-state index in [-0.39, 0.29) is 27.1 Å². The summed E-state index contributed by atoms with van der Waals surface area (Å²) in [5, 5.41) is 2.40. The molecule has 5 heteroatoms. The van der Waals surface area contributed by atoms with Crippen LogP contribution in [-0.4, -0.2) is 16.2 Å². The number of fused-ring (bicyclic) bond motifs is 4. The van der Waals surface area contributed by atoms with E-state index in [4.69, 9.17) is 9.72 Å². The number of rotatable bonds is 5. The van der Waals surface area contributed by atoms with Crippen molar-refractivity contribution in [2.45, 2.75) is 131 Å². The molecule has 7 aromatic rings.